The van der Waals surface area contributed by atoms with Gasteiger partial charge in [0.2, 0.25) is 0 Å². The maximum Gasteiger partial charge on any atom is 0.0829 e. The van der Waals surface area contributed by atoms with Crippen LogP contribution in [0.5, 0.6) is 0 Å². The molecular formula is C14H29N3O. The van der Waals surface area contributed by atoms with Gasteiger partial charge in [-0.2, -0.15) is 0 Å². The Bertz CT molecular complexity index is 249. The fraction of sp³-hybridized carbons (Fsp3) is 1.00. The van der Waals surface area contributed by atoms with Gasteiger partial charge >= 0.3 is 0 Å². The second kappa shape index (κ2) is 6.33. The van der Waals surface area contributed by atoms with Crippen molar-refractivity contribution in [2.45, 2.75) is 51.9 Å². The van der Waals surface area contributed by atoms with Crippen molar-refractivity contribution in [1.82, 2.24) is 15.1 Å². The number of nitrogens with one attached hydrogen (secondary N) is 1. The molecule has 0 aromatic heterocycles. The molecule has 0 aromatic carbocycles. The second-order valence-corrected chi connectivity index (χ2v) is 6.27. The van der Waals surface area contributed by atoms with E-state index in [1.54, 1.807) is 0 Å². The highest BCUT2D eigenvalue weighted by atomic mass is 16.5. The van der Waals surface area contributed by atoms with Crippen LogP contribution in [-0.4, -0.2) is 73.4 Å². The van der Waals surface area contributed by atoms with Crippen LogP contribution in [-0.2, 0) is 4.74 Å². The van der Waals surface area contributed by atoms with Crippen molar-refractivity contribution in [2.24, 2.45) is 0 Å². The van der Waals surface area contributed by atoms with Crippen LogP contribution in [0, 0.1) is 0 Å². The number of hydrogen-bond donors (Lipinski definition) is 1. The normalized spacial score (nSPS) is 36.2. The number of hydrogen-bond acceptors (Lipinski definition) is 4. The fourth-order valence-electron chi connectivity index (χ4n) is 3.20. The number of morpholine rings is 1. The maximum absolute atomic E-state index is 5.93. The average Bonchev–Trinajstić information content (AvgIpc) is 2.27. The molecule has 3 unspecified atom stereocenters. The standard InChI is InChI=1S/C14H29N3O/c1-11(2)17-5-6-18-14(10-17)9-16-7-12(3)15-13(4)8-16/h11-15H,5-10H2,1-4H3. The van der Waals surface area contributed by atoms with Gasteiger partial charge in [-0.1, -0.05) is 0 Å². The Morgan fingerprint density at radius 3 is 2.44 bits per heavy atom. The summed E-state index contributed by atoms with van der Waals surface area (Å²) in [5.41, 5.74) is 0. The molecule has 1 N–H and O–H groups in total. The van der Waals surface area contributed by atoms with Gasteiger partial charge < -0.3 is 10.1 Å². The predicted molar refractivity (Wildman–Crippen MR) is 74.9 cm³/mol. The molecule has 2 fully saturated rings. The van der Waals surface area contributed by atoms with Crippen molar-refractivity contribution < 1.29 is 4.74 Å². The third-order valence-corrected chi connectivity index (χ3v) is 4.00. The van der Waals surface area contributed by atoms with Gasteiger partial charge in [-0.15, -0.1) is 0 Å². The molecule has 0 saturated carbocycles. The van der Waals surface area contributed by atoms with Crippen molar-refractivity contribution in [3.63, 3.8) is 0 Å². The van der Waals surface area contributed by atoms with Gasteiger partial charge in [0.25, 0.3) is 0 Å². The summed E-state index contributed by atoms with van der Waals surface area (Å²) in [6.07, 6.45) is 0.388. The Balaban J connectivity index is 1.81. The minimum Gasteiger partial charge on any atom is -0.374 e. The Labute approximate surface area is 112 Å². The van der Waals surface area contributed by atoms with Crippen LogP contribution in [0.3, 0.4) is 0 Å². The predicted octanol–water partition coefficient (Wildman–Crippen LogP) is 0.778. The molecule has 0 amide bonds. The number of ether oxygens (including phenoxy) is 1. The lowest BCUT2D eigenvalue weighted by molar-refractivity contribution is -0.0557. The Morgan fingerprint density at radius 2 is 1.83 bits per heavy atom. The van der Waals surface area contributed by atoms with E-state index in [0.717, 1.165) is 39.3 Å². The summed E-state index contributed by atoms with van der Waals surface area (Å²) in [5, 5.41) is 3.58. The van der Waals surface area contributed by atoms with E-state index in [1.165, 1.54) is 0 Å². The second-order valence-electron chi connectivity index (χ2n) is 6.27. The zero-order valence-corrected chi connectivity index (χ0v) is 12.4. The lowest BCUT2D eigenvalue weighted by Gasteiger charge is -2.41. The fourth-order valence-corrected chi connectivity index (χ4v) is 3.20. The first kappa shape index (κ1) is 14.3. The SMILES string of the molecule is CC1CN(CC2CN(C(C)C)CCO2)CC(C)N1. The first-order valence-electron chi connectivity index (χ1n) is 7.38. The van der Waals surface area contributed by atoms with E-state index in [1.807, 2.05) is 0 Å². The first-order chi connectivity index (χ1) is 8.54. The molecule has 0 aliphatic carbocycles. The lowest BCUT2D eigenvalue weighted by Crippen LogP contribution is -2.57. The van der Waals surface area contributed by atoms with Gasteiger partial charge in [-0.05, 0) is 27.7 Å². The zero-order chi connectivity index (χ0) is 13.1. The molecule has 2 rings (SSSR count). The van der Waals surface area contributed by atoms with Crippen LogP contribution in [0.15, 0.2) is 0 Å². The lowest BCUT2D eigenvalue weighted by atomic mass is 10.1. The first-order valence-corrected chi connectivity index (χ1v) is 7.38. The summed E-state index contributed by atoms with van der Waals surface area (Å²) in [5.74, 6) is 0. The largest absolute Gasteiger partial charge is 0.374 e. The molecule has 4 heteroatoms. The summed E-state index contributed by atoms with van der Waals surface area (Å²) in [6.45, 7) is 15.5. The number of piperazine rings is 1. The van der Waals surface area contributed by atoms with Gasteiger partial charge in [0.1, 0.15) is 0 Å². The van der Waals surface area contributed by atoms with Crippen LogP contribution in [0.1, 0.15) is 27.7 Å². The van der Waals surface area contributed by atoms with Gasteiger partial charge in [-0.25, -0.2) is 0 Å². The van der Waals surface area contributed by atoms with Crippen molar-refractivity contribution >= 4 is 0 Å². The quantitative estimate of drug-likeness (QED) is 0.806. The minimum absolute atomic E-state index is 0.388. The van der Waals surface area contributed by atoms with E-state index >= 15 is 0 Å². The van der Waals surface area contributed by atoms with E-state index < -0.39 is 0 Å². The van der Waals surface area contributed by atoms with Gasteiger partial charge in [0.15, 0.2) is 0 Å². The van der Waals surface area contributed by atoms with Crippen LogP contribution in [0.4, 0.5) is 0 Å². The van der Waals surface area contributed by atoms with Gasteiger partial charge in [0.05, 0.1) is 12.7 Å². The molecule has 4 nitrogen and oxygen atoms in total. The van der Waals surface area contributed by atoms with Crippen molar-refractivity contribution in [3.8, 4) is 0 Å². The molecule has 106 valence electrons. The van der Waals surface area contributed by atoms with Crippen LogP contribution < -0.4 is 5.32 Å². The summed E-state index contributed by atoms with van der Waals surface area (Å²) in [4.78, 5) is 5.09. The van der Waals surface area contributed by atoms with E-state index in [2.05, 4.69) is 42.8 Å². The Hall–Kier alpha value is -0.160. The highest BCUT2D eigenvalue weighted by Crippen LogP contribution is 2.12. The molecule has 2 saturated heterocycles. The summed E-state index contributed by atoms with van der Waals surface area (Å²) in [7, 11) is 0. The molecule has 0 radical (unpaired) electrons. The molecule has 3 atom stereocenters. The topological polar surface area (TPSA) is 27.7 Å². The van der Waals surface area contributed by atoms with Gasteiger partial charge in [0, 0.05) is 50.8 Å². The summed E-state index contributed by atoms with van der Waals surface area (Å²) in [6, 6.07) is 1.83. The number of rotatable bonds is 3. The molecule has 2 aliphatic heterocycles. The highest BCUT2D eigenvalue weighted by Gasteiger charge is 2.27. The van der Waals surface area contributed by atoms with E-state index in [9.17, 15) is 0 Å². The highest BCUT2D eigenvalue weighted by molar-refractivity contribution is 4.84. The van der Waals surface area contributed by atoms with E-state index in [0.29, 0.717) is 24.2 Å². The van der Waals surface area contributed by atoms with Crippen LogP contribution in [0.25, 0.3) is 0 Å². The molecule has 0 spiro atoms. The average molecular weight is 255 g/mol. The third kappa shape index (κ3) is 3.92. The summed E-state index contributed by atoms with van der Waals surface area (Å²) >= 11 is 0. The third-order valence-electron chi connectivity index (χ3n) is 4.00. The molecule has 0 aromatic rings. The monoisotopic (exact) mass is 255 g/mol. The molecule has 18 heavy (non-hydrogen) atoms. The van der Waals surface area contributed by atoms with Crippen LogP contribution >= 0.6 is 0 Å². The Morgan fingerprint density at radius 1 is 1.17 bits per heavy atom. The van der Waals surface area contributed by atoms with E-state index in [-0.39, 0.29) is 0 Å². The molecular weight excluding hydrogens is 226 g/mol. The van der Waals surface area contributed by atoms with Gasteiger partial charge in [-0.3, -0.25) is 9.80 Å². The molecule has 2 heterocycles. The minimum atomic E-state index is 0.388. The van der Waals surface area contributed by atoms with Crippen molar-refractivity contribution in [3.05, 3.63) is 0 Å². The molecule has 2 aliphatic rings. The summed E-state index contributed by atoms with van der Waals surface area (Å²) < 4.78 is 5.93. The molecule has 0 bridgehead atoms. The Kier molecular flexibility index (Phi) is 5.01. The van der Waals surface area contributed by atoms with Crippen molar-refractivity contribution in [2.75, 3.05) is 39.3 Å². The smallest absolute Gasteiger partial charge is 0.0829 e. The maximum atomic E-state index is 5.93. The zero-order valence-electron chi connectivity index (χ0n) is 12.4. The van der Waals surface area contributed by atoms with E-state index in [4.69, 9.17) is 4.74 Å². The van der Waals surface area contributed by atoms with Crippen molar-refractivity contribution in [1.29, 1.82) is 0 Å². The van der Waals surface area contributed by atoms with Crippen LogP contribution in [0.2, 0.25) is 0 Å². The number of nitrogens with zero attached hydrogens (tertiary/aromatic N) is 2.